The van der Waals surface area contributed by atoms with E-state index in [0.717, 1.165) is 24.1 Å². The van der Waals surface area contributed by atoms with E-state index in [1.54, 1.807) is 6.07 Å². The Morgan fingerprint density at radius 3 is 2.71 bits per heavy atom. The van der Waals surface area contributed by atoms with Crippen LogP contribution in [0.1, 0.15) is 24.0 Å². The first-order valence-electron chi connectivity index (χ1n) is 6.11. The number of phenols is 1. The van der Waals surface area contributed by atoms with Crippen molar-refractivity contribution in [3.8, 4) is 17.0 Å². The molecule has 0 saturated heterocycles. The Kier molecular flexibility index (Phi) is 2.56. The van der Waals surface area contributed by atoms with Gasteiger partial charge in [-0.15, -0.1) is 0 Å². The molecule has 0 atom stereocenters. The maximum absolute atomic E-state index is 9.93. The first-order valence-corrected chi connectivity index (χ1v) is 6.11. The fraction of sp³-hybridized carbons (Fsp3) is 0.267. The Morgan fingerprint density at radius 1 is 1.00 bits per heavy atom. The molecule has 0 unspecified atom stereocenters. The third-order valence-corrected chi connectivity index (χ3v) is 3.43. The molecule has 1 heterocycles. The molecule has 0 fully saturated rings. The van der Waals surface area contributed by atoms with Crippen LogP contribution in [0, 0.1) is 0 Å². The molecular weight excluding hydrogens is 210 g/mol. The number of rotatable bonds is 1. The molecule has 2 nitrogen and oxygen atoms in total. The lowest BCUT2D eigenvalue weighted by atomic mass is 9.89. The number of hydrogen-bond acceptors (Lipinski definition) is 2. The number of aromatic nitrogens is 1. The molecule has 17 heavy (non-hydrogen) atoms. The number of para-hydroxylation sites is 1. The molecule has 1 aliphatic carbocycles. The van der Waals surface area contributed by atoms with E-state index in [1.165, 1.54) is 24.0 Å². The van der Waals surface area contributed by atoms with Gasteiger partial charge in [-0.3, -0.25) is 4.98 Å². The molecule has 0 saturated carbocycles. The van der Waals surface area contributed by atoms with Gasteiger partial charge in [0.25, 0.3) is 0 Å². The Labute approximate surface area is 101 Å². The summed E-state index contributed by atoms with van der Waals surface area (Å²) in [4.78, 5) is 4.46. The summed E-state index contributed by atoms with van der Waals surface area (Å²) >= 11 is 0. The van der Waals surface area contributed by atoms with Crippen molar-refractivity contribution in [2.75, 3.05) is 0 Å². The standard InChI is InChI=1S/C15H15NO/c17-14-8-4-3-7-13(14)15-12-6-2-1-5-11(12)9-10-16-15/h3-4,7-10,17H,1-2,5-6H2. The van der Waals surface area contributed by atoms with Gasteiger partial charge < -0.3 is 5.11 Å². The second-order valence-electron chi connectivity index (χ2n) is 4.52. The maximum Gasteiger partial charge on any atom is 0.124 e. The molecule has 0 spiro atoms. The van der Waals surface area contributed by atoms with Crippen molar-refractivity contribution in [1.29, 1.82) is 0 Å². The largest absolute Gasteiger partial charge is 0.507 e. The van der Waals surface area contributed by atoms with Gasteiger partial charge in [0.05, 0.1) is 5.69 Å². The highest BCUT2D eigenvalue weighted by Gasteiger charge is 2.16. The SMILES string of the molecule is Oc1ccccc1-c1nccc2c1CCCC2. The minimum Gasteiger partial charge on any atom is -0.507 e. The van der Waals surface area contributed by atoms with E-state index in [0.29, 0.717) is 5.75 Å². The predicted molar refractivity (Wildman–Crippen MR) is 68.0 cm³/mol. The lowest BCUT2D eigenvalue weighted by Gasteiger charge is -2.18. The summed E-state index contributed by atoms with van der Waals surface area (Å²) < 4.78 is 0. The summed E-state index contributed by atoms with van der Waals surface area (Å²) in [5, 5.41) is 9.93. The highest BCUT2D eigenvalue weighted by Crippen LogP contribution is 2.33. The molecule has 2 heteroatoms. The number of aryl methyl sites for hydroxylation is 1. The first kappa shape index (κ1) is 10.3. The Bertz CT molecular complexity index is 548. The Balaban J connectivity index is 2.18. The average Bonchev–Trinajstić information content (AvgIpc) is 2.39. The van der Waals surface area contributed by atoms with E-state index in [9.17, 15) is 5.11 Å². The molecule has 0 aliphatic heterocycles. The molecule has 0 radical (unpaired) electrons. The average molecular weight is 225 g/mol. The van der Waals surface area contributed by atoms with Gasteiger partial charge in [0.15, 0.2) is 0 Å². The summed E-state index contributed by atoms with van der Waals surface area (Å²) in [7, 11) is 0. The van der Waals surface area contributed by atoms with Gasteiger partial charge in [0.2, 0.25) is 0 Å². The van der Waals surface area contributed by atoms with Gasteiger partial charge >= 0.3 is 0 Å². The third-order valence-electron chi connectivity index (χ3n) is 3.43. The second kappa shape index (κ2) is 4.21. The molecule has 3 rings (SSSR count). The van der Waals surface area contributed by atoms with Crippen LogP contribution in [-0.4, -0.2) is 10.1 Å². The van der Waals surface area contributed by atoms with Crippen molar-refractivity contribution in [2.24, 2.45) is 0 Å². The third kappa shape index (κ3) is 1.80. The summed E-state index contributed by atoms with van der Waals surface area (Å²) in [6.45, 7) is 0. The molecule has 1 aliphatic rings. The van der Waals surface area contributed by atoms with Crippen molar-refractivity contribution in [3.05, 3.63) is 47.7 Å². The number of pyridine rings is 1. The molecule has 1 N–H and O–H groups in total. The highest BCUT2D eigenvalue weighted by atomic mass is 16.3. The zero-order chi connectivity index (χ0) is 11.7. The van der Waals surface area contributed by atoms with E-state index in [1.807, 2.05) is 24.4 Å². The zero-order valence-electron chi connectivity index (χ0n) is 9.69. The molecule has 2 aromatic rings. The molecule has 1 aromatic heterocycles. The van der Waals surface area contributed by atoms with Gasteiger partial charge in [-0.1, -0.05) is 12.1 Å². The van der Waals surface area contributed by atoms with Crippen LogP contribution in [0.15, 0.2) is 36.5 Å². The normalized spacial score (nSPS) is 14.4. The van der Waals surface area contributed by atoms with Crippen LogP contribution in [0.3, 0.4) is 0 Å². The Hall–Kier alpha value is -1.83. The zero-order valence-corrected chi connectivity index (χ0v) is 9.69. The van der Waals surface area contributed by atoms with Crippen LogP contribution < -0.4 is 0 Å². The van der Waals surface area contributed by atoms with Gasteiger partial charge in [-0.25, -0.2) is 0 Å². The number of hydrogen-bond donors (Lipinski definition) is 1. The molecule has 0 amide bonds. The van der Waals surface area contributed by atoms with Crippen LogP contribution in [0.4, 0.5) is 0 Å². The van der Waals surface area contributed by atoms with Crippen molar-refractivity contribution in [3.63, 3.8) is 0 Å². The van der Waals surface area contributed by atoms with Crippen LogP contribution in [0.2, 0.25) is 0 Å². The summed E-state index contributed by atoms with van der Waals surface area (Å²) in [6, 6.07) is 9.55. The fourth-order valence-corrected chi connectivity index (χ4v) is 2.57. The van der Waals surface area contributed by atoms with Crippen molar-refractivity contribution in [1.82, 2.24) is 4.98 Å². The number of aromatic hydroxyl groups is 1. The van der Waals surface area contributed by atoms with E-state index >= 15 is 0 Å². The summed E-state index contributed by atoms with van der Waals surface area (Å²) in [5.74, 6) is 0.318. The van der Waals surface area contributed by atoms with Crippen LogP contribution in [0.25, 0.3) is 11.3 Å². The van der Waals surface area contributed by atoms with Crippen LogP contribution in [-0.2, 0) is 12.8 Å². The molecular formula is C15H15NO. The highest BCUT2D eigenvalue weighted by molar-refractivity contribution is 5.70. The van der Waals surface area contributed by atoms with Gasteiger partial charge in [0.1, 0.15) is 5.75 Å². The second-order valence-corrected chi connectivity index (χ2v) is 4.52. The van der Waals surface area contributed by atoms with Gasteiger partial charge in [0, 0.05) is 11.8 Å². The van der Waals surface area contributed by atoms with E-state index in [4.69, 9.17) is 0 Å². The number of phenolic OH excluding ortho intramolecular Hbond substituents is 1. The quantitative estimate of drug-likeness (QED) is 0.807. The number of nitrogens with zero attached hydrogens (tertiary/aromatic N) is 1. The molecule has 1 aromatic carbocycles. The molecule has 0 bridgehead atoms. The van der Waals surface area contributed by atoms with Gasteiger partial charge in [-0.05, 0) is 55.0 Å². The number of fused-ring (bicyclic) bond motifs is 1. The van der Waals surface area contributed by atoms with Crippen LogP contribution in [0.5, 0.6) is 5.75 Å². The van der Waals surface area contributed by atoms with Crippen molar-refractivity contribution >= 4 is 0 Å². The predicted octanol–water partition coefficient (Wildman–Crippen LogP) is 3.33. The van der Waals surface area contributed by atoms with Gasteiger partial charge in [-0.2, -0.15) is 0 Å². The first-order chi connectivity index (χ1) is 8.36. The smallest absolute Gasteiger partial charge is 0.124 e. The Morgan fingerprint density at radius 2 is 1.82 bits per heavy atom. The van der Waals surface area contributed by atoms with Crippen molar-refractivity contribution < 1.29 is 5.11 Å². The van der Waals surface area contributed by atoms with Crippen LogP contribution >= 0.6 is 0 Å². The number of benzene rings is 1. The summed E-state index contributed by atoms with van der Waals surface area (Å²) in [6.07, 6.45) is 6.55. The lowest BCUT2D eigenvalue weighted by Crippen LogP contribution is -2.05. The minimum atomic E-state index is 0.318. The lowest BCUT2D eigenvalue weighted by molar-refractivity contribution is 0.477. The van der Waals surface area contributed by atoms with E-state index in [-0.39, 0.29) is 0 Å². The summed E-state index contributed by atoms with van der Waals surface area (Å²) in [5.41, 5.74) is 4.52. The fourth-order valence-electron chi connectivity index (χ4n) is 2.57. The molecule has 86 valence electrons. The minimum absolute atomic E-state index is 0.318. The topological polar surface area (TPSA) is 33.1 Å². The monoisotopic (exact) mass is 225 g/mol. The van der Waals surface area contributed by atoms with Crippen molar-refractivity contribution in [2.45, 2.75) is 25.7 Å². The maximum atomic E-state index is 9.93. The van der Waals surface area contributed by atoms with E-state index in [2.05, 4.69) is 11.1 Å². The van der Waals surface area contributed by atoms with E-state index < -0.39 is 0 Å².